The Morgan fingerprint density at radius 3 is 2.72 bits per heavy atom. The molecule has 1 aromatic carbocycles. The third-order valence-corrected chi connectivity index (χ3v) is 4.18. The van der Waals surface area contributed by atoms with Crippen molar-refractivity contribution in [3.05, 3.63) is 41.5 Å². The van der Waals surface area contributed by atoms with Crippen molar-refractivity contribution < 1.29 is 14.3 Å². The predicted molar refractivity (Wildman–Crippen MR) is 99.6 cm³/mol. The van der Waals surface area contributed by atoms with E-state index >= 15 is 0 Å². The zero-order chi connectivity index (χ0) is 18.6. The van der Waals surface area contributed by atoms with Crippen molar-refractivity contribution in [2.75, 3.05) is 13.1 Å². The molecule has 1 heterocycles. The first-order valence-corrected chi connectivity index (χ1v) is 8.72. The molecule has 0 bridgehead atoms. The average Bonchev–Trinajstić information content (AvgIpc) is 2.53. The number of rotatable bonds is 3. The summed E-state index contributed by atoms with van der Waals surface area (Å²) in [6.07, 6.45) is 3.07. The fourth-order valence-corrected chi connectivity index (χ4v) is 3.00. The van der Waals surface area contributed by atoms with Crippen LogP contribution in [0.3, 0.4) is 0 Å². The lowest BCUT2D eigenvalue weighted by molar-refractivity contribution is 0.0185. The number of piperidine rings is 1. The van der Waals surface area contributed by atoms with Crippen molar-refractivity contribution in [3.8, 4) is 0 Å². The Bertz CT molecular complexity index is 661. The van der Waals surface area contributed by atoms with E-state index in [1.807, 2.05) is 39.8 Å². The van der Waals surface area contributed by atoms with E-state index in [0.717, 1.165) is 24.0 Å². The first-order chi connectivity index (χ1) is 11.7. The van der Waals surface area contributed by atoms with Gasteiger partial charge in [-0.3, -0.25) is 4.79 Å². The summed E-state index contributed by atoms with van der Waals surface area (Å²) in [5.41, 5.74) is 1.96. The van der Waals surface area contributed by atoms with E-state index in [2.05, 4.69) is 11.9 Å². The van der Waals surface area contributed by atoms with E-state index in [9.17, 15) is 9.59 Å². The second-order valence-corrected chi connectivity index (χ2v) is 7.48. The highest BCUT2D eigenvalue weighted by molar-refractivity contribution is 5.98. The second kappa shape index (κ2) is 7.72. The van der Waals surface area contributed by atoms with Gasteiger partial charge in [-0.1, -0.05) is 24.8 Å². The molecule has 5 nitrogen and oxygen atoms in total. The summed E-state index contributed by atoms with van der Waals surface area (Å²) >= 11 is 0. The van der Waals surface area contributed by atoms with Gasteiger partial charge in [0.05, 0.1) is 0 Å². The highest BCUT2D eigenvalue weighted by Crippen LogP contribution is 2.18. The van der Waals surface area contributed by atoms with Gasteiger partial charge in [-0.25, -0.2) is 4.79 Å². The minimum Gasteiger partial charge on any atom is -0.444 e. The maximum atomic E-state index is 12.7. The van der Waals surface area contributed by atoms with Crippen LogP contribution in [0.15, 0.2) is 24.8 Å². The molecule has 2 amide bonds. The largest absolute Gasteiger partial charge is 0.444 e. The summed E-state index contributed by atoms with van der Waals surface area (Å²) in [6.45, 7) is 12.4. The summed E-state index contributed by atoms with van der Waals surface area (Å²) < 4.78 is 5.43. The lowest BCUT2D eigenvalue weighted by atomic mass is 10.00. The number of ether oxygens (including phenoxy) is 1. The van der Waals surface area contributed by atoms with Gasteiger partial charge in [0, 0.05) is 24.7 Å². The van der Waals surface area contributed by atoms with Crippen LogP contribution in [0.1, 0.15) is 55.1 Å². The summed E-state index contributed by atoms with van der Waals surface area (Å²) in [4.78, 5) is 26.6. The molecule has 1 atom stereocenters. The van der Waals surface area contributed by atoms with Crippen LogP contribution in [0.25, 0.3) is 6.08 Å². The van der Waals surface area contributed by atoms with E-state index < -0.39 is 5.60 Å². The quantitative estimate of drug-likeness (QED) is 0.908. The number of benzene rings is 1. The standard InChI is InChI=1S/C20H28N2O3/c1-6-16-14(2)9-7-11-17(16)18(23)21-15-10-8-12-22(13-15)19(24)25-20(3,4)5/h6-7,9,11,15H,1,8,10,12-13H2,2-5H3,(H,21,23). The Morgan fingerprint density at radius 1 is 1.36 bits per heavy atom. The predicted octanol–water partition coefficient (Wildman–Crippen LogP) is 3.77. The van der Waals surface area contributed by atoms with Gasteiger partial charge in [-0.2, -0.15) is 0 Å². The smallest absolute Gasteiger partial charge is 0.410 e. The molecule has 0 radical (unpaired) electrons. The molecule has 1 unspecified atom stereocenters. The molecule has 0 saturated carbocycles. The number of likely N-dealkylation sites (tertiary alicyclic amines) is 1. The lowest BCUT2D eigenvalue weighted by Gasteiger charge is -2.34. The topological polar surface area (TPSA) is 58.6 Å². The third kappa shape index (κ3) is 5.08. The molecule has 0 aliphatic carbocycles. The monoisotopic (exact) mass is 344 g/mol. The summed E-state index contributed by atoms with van der Waals surface area (Å²) in [7, 11) is 0. The number of carbonyl (C=O) groups is 2. The van der Waals surface area contributed by atoms with Crippen molar-refractivity contribution in [2.24, 2.45) is 0 Å². The molecule has 25 heavy (non-hydrogen) atoms. The fraction of sp³-hybridized carbons (Fsp3) is 0.500. The van der Waals surface area contributed by atoms with E-state index in [4.69, 9.17) is 4.74 Å². The van der Waals surface area contributed by atoms with Crippen LogP contribution < -0.4 is 5.32 Å². The minimum atomic E-state index is -0.520. The minimum absolute atomic E-state index is 0.0769. The first kappa shape index (κ1) is 19.0. The maximum absolute atomic E-state index is 12.7. The Hall–Kier alpha value is -2.30. The van der Waals surface area contributed by atoms with Crippen LogP contribution in [-0.4, -0.2) is 41.6 Å². The van der Waals surface area contributed by atoms with Crippen molar-refractivity contribution in [1.29, 1.82) is 0 Å². The molecular weight excluding hydrogens is 316 g/mol. The van der Waals surface area contributed by atoms with E-state index in [0.29, 0.717) is 18.7 Å². The zero-order valence-corrected chi connectivity index (χ0v) is 15.6. The van der Waals surface area contributed by atoms with Gasteiger partial charge in [0.25, 0.3) is 5.91 Å². The first-order valence-electron chi connectivity index (χ1n) is 8.72. The Balaban J connectivity index is 2.03. The molecule has 2 rings (SSSR count). The Kier molecular flexibility index (Phi) is 5.88. The van der Waals surface area contributed by atoms with Crippen molar-refractivity contribution >= 4 is 18.1 Å². The van der Waals surface area contributed by atoms with Gasteiger partial charge in [0.2, 0.25) is 0 Å². The zero-order valence-electron chi connectivity index (χ0n) is 15.6. The normalized spacial score (nSPS) is 17.8. The fourth-order valence-electron chi connectivity index (χ4n) is 3.00. The van der Waals surface area contributed by atoms with Crippen LogP contribution in [0.2, 0.25) is 0 Å². The highest BCUT2D eigenvalue weighted by Gasteiger charge is 2.28. The summed E-state index contributed by atoms with van der Waals surface area (Å²) in [5.74, 6) is -0.130. The molecule has 1 fully saturated rings. The van der Waals surface area contributed by atoms with Gasteiger partial charge in [-0.15, -0.1) is 0 Å². The van der Waals surface area contributed by atoms with Crippen LogP contribution in [0.4, 0.5) is 4.79 Å². The molecule has 1 saturated heterocycles. The van der Waals surface area contributed by atoms with Gasteiger partial charge in [0.1, 0.15) is 5.60 Å². The van der Waals surface area contributed by atoms with Gasteiger partial charge in [-0.05, 0) is 57.7 Å². The Labute approximate surface area is 150 Å². The second-order valence-electron chi connectivity index (χ2n) is 7.48. The van der Waals surface area contributed by atoms with Crippen molar-refractivity contribution in [2.45, 2.75) is 52.2 Å². The third-order valence-electron chi connectivity index (χ3n) is 4.18. The van der Waals surface area contributed by atoms with Crippen LogP contribution >= 0.6 is 0 Å². The van der Waals surface area contributed by atoms with Crippen molar-refractivity contribution in [1.82, 2.24) is 10.2 Å². The molecule has 5 heteroatoms. The van der Waals surface area contributed by atoms with Crippen LogP contribution in [0.5, 0.6) is 0 Å². The molecule has 1 aromatic rings. The maximum Gasteiger partial charge on any atom is 0.410 e. The van der Waals surface area contributed by atoms with Crippen LogP contribution in [0, 0.1) is 6.92 Å². The summed E-state index contributed by atoms with van der Waals surface area (Å²) in [6, 6.07) is 5.55. The Morgan fingerprint density at radius 2 is 2.08 bits per heavy atom. The average molecular weight is 344 g/mol. The number of hydrogen-bond acceptors (Lipinski definition) is 3. The molecule has 1 aliphatic heterocycles. The number of carbonyl (C=O) groups excluding carboxylic acids is 2. The molecule has 0 spiro atoms. The van der Waals surface area contributed by atoms with Crippen molar-refractivity contribution in [3.63, 3.8) is 0 Å². The van der Waals surface area contributed by atoms with Gasteiger partial charge in [0.15, 0.2) is 0 Å². The number of nitrogens with one attached hydrogen (secondary N) is 1. The molecule has 0 aromatic heterocycles. The molecule has 1 N–H and O–H groups in total. The highest BCUT2D eigenvalue weighted by atomic mass is 16.6. The van der Waals surface area contributed by atoms with Gasteiger partial charge < -0.3 is 15.0 Å². The number of nitrogens with zero attached hydrogens (tertiary/aromatic N) is 1. The SMILES string of the molecule is C=Cc1c(C)cccc1C(=O)NC1CCCN(C(=O)OC(C)(C)C)C1. The molecule has 136 valence electrons. The molecule has 1 aliphatic rings. The number of aryl methyl sites for hydroxylation is 1. The number of amides is 2. The summed E-state index contributed by atoms with van der Waals surface area (Å²) in [5, 5.41) is 3.05. The van der Waals surface area contributed by atoms with Crippen LogP contribution in [-0.2, 0) is 4.74 Å². The van der Waals surface area contributed by atoms with E-state index in [1.54, 1.807) is 17.0 Å². The van der Waals surface area contributed by atoms with Gasteiger partial charge >= 0.3 is 6.09 Å². The van der Waals surface area contributed by atoms with E-state index in [-0.39, 0.29) is 18.0 Å². The molecular formula is C20H28N2O3. The number of hydrogen-bond donors (Lipinski definition) is 1. The van der Waals surface area contributed by atoms with E-state index in [1.165, 1.54) is 0 Å². The lowest BCUT2D eigenvalue weighted by Crippen LogP contribution is -2.50.